The molecular weight excluding hydrogens is 234 g/mol. The lowest BCUT2D eigenvalue weighted by atomic mass is 10.1. The largest absolute Gasteiger partial charge is 0.373 e. The van der Waals surface area contributed by atoms with E-state index in [1.54, 1.807) is 7.11 Å². The van der Waals surface area contributed by atoms with E-state index in [0.29, 0.717) is 24.2 Å². The molecule has 3 unspecified atom stereocenters. The zero-order chi connectivity index (χ0) is 13.1. The van der Waals surface area contributed by atoms with Crippen LogP contribution in [-0.2, 0) is 9.47 Å². The number of nitrogens with two attached hydrogens (primary N) is 1. The second-order valence-electron chi connectivity index (χ2n) is 4.95. The molecule has 1 fully saturated rings. The summed E-state index contributed by atoms with van der Waals surface area (Å²) in [7, 11) is 1.65. The highest BCUT2D eigenvalue weighted by Crippen LogP contribution is 2.32. The van der Waals surface area contributed by atoms with Crippen molar-refractivity contribution in [3.63, 3.8) is 0 Å². The van der Waals surface area contributed by atoms with Crippen molar-refractivity contribution in [3.8, 4) is 0 Å². The Kier molecular flexibility index (Phi) is 4.31. The lowest BCUT2D eigenvalue weighted by Gasteiger charge is -2.14. The minimum absolute atomic E-state index is 0.105. The van der Waals surface area contributed by atoms with Crippen molar-refractivity contribution in [2.24, 2.45) is 11.7 Å². The highest BCUT2D eigenvalue weighted by molar-refractivity contribution is 4.97. The molecular formula is C12H21N3O3. The summed E-state index contributed by atoms with van der Waals surface area (Å²) in [5.41, 5.74) is 5.58. The van der Waals surface area contributed by atoms with E-state index in [0.717, 1.165) is 12.8 Å². The van der Waals surface area contributed by atoms with Gasteiger partial charge in [-0.3, -0.25) is 0 Å². The minimum Gasteiger partial charge on any atom is -0.373 e. The average molecular weight is 255 g/mol. The van der Waals surface area contributed by atoms with Crippen LogP contribution in [0.25, 0.3) is 0 Å². The monoisotopic (exact) mass is 255 g/mol. The van der Waals surface area contributed by atoms with Gasteiger partial charge in [0.15, 0.2) is 0 Å². The Bertz CT molecular complexity index is 380. The van der Waals surface area contributed by atoms with Gasteiger partial charge in [-0.1, -0.05) is 19.0 Å². The number of hydrogen-bond donors (Lipinski definition) is 1. The molecule has 1 aromatic rings. The Morgan fingerprint density at radius 1 is 1.44 bits per heavy atom. The van der Waals surface area contributed by atoms with Gasteiger partial charge >= 0.3 is 0 Å². The second-order valence-corrected chi connectivity index (χ2v) is 4.95. The molecule has 18 heavy (non-hydrogen) atoms. The highest BCUT2D eigenvalue weighted by Gasteiger charge is 2.31. The van der Waals surface area contributed by atoms with Crippen molar-refractivity contribution in [2.75, 3.05) is 13.7 Å². The van der Waals surface area contributed by atoms with Crippen LogP contribution in [0.15, 0.2) is 4.52 Å². The first-order chi connectivity index (χ1) is 8.65. The van der Waals surface area contributed by atoms with E-state index in [-0.39, 0.29) is 18.3 Å². The standard InChI is InChI=1S/C12H21N3O3/c1-7(2)10(16-3)11-14-12(18-15-11)9-5-4-8(6-13)17-9/h7-10H,4-6,13H2,1-3H3. The summed E-state index contributed by atoms with van der Waals surface area (Å²) < 4.78 is 16.4. The predicted octanol–water partition coefficient (Wildman–Crippen LogP) is 1.59. The Morgan fingerprint density at radius 2 is 2.22 bits per heavy atom. The topological polar surface area (TPSA) is 83.4 Å². The van der Waals surface area contributed by atoms with E-state index in [2.05, 4.69) is 24.0 Å². The molecule has 102 valence electrons. The maximum atomic E-state index is 5.72. The van der Waals surface area contributed by atoms with Gasteiger partial charge in [-0.05, 0) is 18.8 Å². The van der Waals surface area contributed by atoms with Crippen molar-refractivity contribution >= 4 is 0 Å². The smallest absolute Gasteiger partial charge is 0.255 e. The van der Waals surface area contributed by atoms with Crippen LogP contribution in [0, 0.1) is 5.92 Å². The molecule has 0 saturated carbocycles. The third-order valence-electron chi connectivity index (χ3n) is 3.22. The third-order valence-corrected chi connectivity index (χ3v) is 3.22. The molecule has 0 radical (unpaired) electrons. The Morgan fingerprint density at radius 3 is 2.78 bits per heavy atom. The first-order valence-electron chi connectivity index (χ1n) is 6.37. The van der Waals surface area contributed by atoms with E-state index in [1.807, 2.05) is 0 Å². The first kappa shape index (κ1) is 13.5. The summed E-state index contributed by atoms with van der Waals surface area (Å²) >= 11 is 0. The third kappa shape index (κ3) is 2.71. The van der Waals surface area contributed by atoms with Gasteiger partial charge in [0.1, 0.15) is 12.2 Å². The van der Waals surface area contributed by atoms with Gasteiger partial charge in [0.2, 0.25) is 5.82 Å². The normalized spacial score (nSPS) is 25.8. The van der Waals surface area contributed by atoms with Crippen molar-refractivity contribution in [1.82, 2.24) is 10.1 Å². The lowest BCUT2D eigenvalue weighted by molar-refractivity contribution is 0.0306. The van der Waals surface area contributed by atoms with Crippen LogP contribution in [-0.4, -0.2) is 29.9 Å². The maximum Gasteiger partial charge on any atom is 0.255 e. The van der Waals surface area contributed by atoms with Crippen LogP contribution < -0.4 is 5.73 Å². The number of aromatic nitrogens is 2. The quantitative estimate of drug-likeness (QED) is 0.860. The predicted molar refractivity (Wildman–Crippen MR) is 64.8 cm³/mol. The first-order valence-corrected chi connectivity index (χ1v) is 6.37. The summed E-state index contributed by atoms with van der Waals surface area (Å²) in [6.45, 7) is 4.64. The van der Waals surface area contributed by atoms with Crippen LogP contribution in [0.4, 0.5) is 0 Å². The van der Waals surface area contributed by atoms with Gasteiger partial charge < -0.3 is 19.7 Å². The van der Waals surface area contributed by atoms with Crippen molar-refractivity contribution in [2.45, 2.75) is 45.0 Å². The molecule has 0 spiro atoms. The number of ether oxygens (including phenoxy) is 2. The Labute approximate surface area is 107 Å². The zero-order valence-electron chi connectivity index (χ0n) is 11.1. The number of methoxy groups -OCH3 is 1. The number of hydrogen-bond acceptors (Lipinski definition) is 6. The van der Waals surface area contributed by atoms with Crippen LogP contribution in [0.1, 0.15) is 50.6 Å². The van der Waals surface area contributed by atoms with Crippen LogP contribution in [0.2, 0.25) is 0 Å². The van der Waals surface area contributed by atoms with Gasteiger partial charge in [-0.25, -0.2) is 0 Å². The molecule has 0 aliphatic carbocycles. The Balaban J connectivity index is 2.06. The van der Waals surface area contributed by atoms with E-state index >= 15 is 0 Å². The van der Waals surface area contributed by atoms with E-state index in [9.17, 15) is 0 Å². The second kappa shape index (κ2) is 5.77. The van der Waals surface area contributed by atoms with Crippen molar-refractivity contribution < 1.29 is 14.0 Å². The van der Waals surface area contributed by atoms with Gasteiger partial charge in [-0.15, -0.1) is 0 Å². The minimum atomic E-state index is -0.144. The fraction of sp³-hybridized carbons (Fsp3) is 0.833. The molecule has 2 N–H and O–H groups in total. The molecule has 2 rings (SSSR count). The van der Waals surface area contributed by atoms with Crippen LogP contribution in [0.5, 0.6) is 0 Å². The molecule has 0 bridgehead atoms. The van der Waals surface area contributed by atoms with Gasteiger partial charge in [0.25, 0.3) is 5.89 Å². The average Bonchev–Trinajstić information content (AvgIpc) is 2.96. The zero-order valence-corrected chi connectivity index (χ0v) is 11.1. The summed E-state index contributed by atoms with van der Waals surface area (Å²) in [5, 5.41) is 3.98. The van der Waals surface area contributed by atoms with Crippen molar-refractivity contribution in [3.05, 3.63) is 11.7 Å². The highest BCUT2D eigenvalue weighted by atomic mass is 16.5. The van der Waals surface area contributed by atoms with Gasteiger partial charge in [-0.2, -0.15) is 4.98 Å². The van der Waals surface area contributed by atoms with Crippen molar-refractivity contribution in [1.29, 1.82) is 0 Å². The molecule has 0 aromatic carbocycles. The lowest BCUT2D eigenvalue weighted by Crippen LogP contribution is -2.18. The molecule has 6 nitrogen and oxygen atoms in total. The molecule has 6 heteroatoms. The summed E-state index contributed by atoms with van der Waals surface area (Å²) in [4.78, 5) is 4.38. The molecule has 0 amide bonds. The van der Waals surface area contributed by atoms with Gasteiger partial charge in [0, 0.05) is 13.7 Å². The van der Waals surface area contributed by atoms with E-state index < -0.39 is 0 Å². The summed E-state index contributed by atoms with van der Waals surface area (Å²) in [5.74, 6) is 1.41. The molecule has 1 aromatic heterocycles. The molecule has 1 aliphatic rings. The molecule has 1 aliphatic heterocycles. The van der Waals surface area contributed by atoms with Gasteiger partial charge in [0.05, 0.1) is 6.10 Å². The van der Waals surface area contributed by atoms with Crippen LogP contribution in [0.3, 0.4) is 0 Å². The number of rotatable bonds is 5. The molecule has 1 saturated heterocycles. The number of nitrogens with zero attached hydrogens (tertiary/aromatic N) is 2. The maximum absolute atomic E-state index is 5.72. The van der Waals surface area contributed by atoms with Crippen LogP contribution >= 0.6 is 0 Å². The fourth-order valence-electron chi connectivity index (χ4n) is 2.23. The molecule has 3 atom stereocenters. The molecule has 2 heterocycles. The Hall–Kier alpha value is -0.980. The van der Waals surface area contributed by atoms with E-state index in [4.69, 9.17) is 19.7 Å². The summed E-state index contributed by atoms with van der Waals surface area (Å²) in [6, 6.07) is 0. The van der Waals surface area contributed by atoms with E-state index in [1.165, 1.54) is 0 Å². The SMILES string of the molecule is COC(c1noc(C2CCC(CN)O2)n1)C(C)C. The summed E-state index contributed by atoms with van der Waals surface area (Å²) in [6.07, 6.45) is 1.66. The fourth-order valence-corrected chi connectivity index (χ4v) is 2.23.